The van der Waals surface area contributed by atoms with Crippen molar-refractivity contribution in [2.75, 3.05) is 17.6 Å². The van der Waals surface area contributed by atoms with Crippen LogP contribution in [-0.4, -0.2) is 45.1 Å². The molecule has 33 heavy (non-hydrogen) atoms. The average Bonchev–Trinajstić information content (AvgIpc) is 3.31. The van der Waals surface area contributed by atoms with Gasteiger partial charge in [-0.15, -0.1) is 11.8 Å². The Hall–Kier alpha value is -1.90. The van der Waals surface area contributed by atoms with Crippen molar-refractivity contribution in [2.24, 2.45) is 7.05 Å². The number of amides is 2. The molecule has 0 aliphatic carbocycles. The van der Waals surface area contributed by atoms with Gasteiger partial charge in [-0.2, -0.15) is 5.10 Å². The van der Waals surface area contributed by atoms with E-state index in [-0.39, 0.29) is 17.4 Å². The summed E-state index contributed by atoms with van der Waals surface area (Å²) in [6, 6.07) is 5.15. The minimum atomic E-state index is -0.598. The molecule has 1 aliphatic rings. The number of hydrogen-bond acceptors (Lipinski definition) is 5. The summed E-state index contributed by atoms with van der Waals surface area (Å²) in [5.74, 6) is 1.38. The summed E-state index contributed by atoms with van der Waals surface area (Å²) in [6.45, 7) is 8.20. The molecule has 1 fully saturated rings. The number of aromatic nitrogens is 2. The van der Waals surface area contributed by atoms with Crippen LogP contribution in [0.25, 0.3) is 0 Å². The first-order chi connectivity index (χ1) is 15.6. The zero-order valence-electron chi connectivity index (χ0n) is 19.5. The maximum atomic E-state index is 13.0. The molecule has 3 rings (SSSR count). The van der Waals surface area contributed by atoms with Crippen LogP contribution in [0.4, 0.5) is 10.6 Å². The van der Waals surface area contributed by atoms with Gasteiger partial charge < -0.3 is 10.1 Å². The molecule has 1 N–H and O–H groups in total. The van der Waals surface area contributed by atoms with E-state index in [4.69, 9.17) is 33.0 Å². The summed E-state index contributed by atoms with van der Waals surface area (Å²) in [6.07, 6.45) is 1.86. The Bertz CT molecular complexity index is 1020. The average molecular weight is 513 g/mol. The maximum Gasteiger partial charge on any atom is 0.410 e. The summed E-state index contributed by atoms with van der Waals surface area (Å²) < 4.78 is 7.31. The lowest BCUT2D eigenvalue weighted by molar-refractivity contribution is -0.105. The molecule has 2 amide bonds. The van der Waals surface area contributed by atoms with Crippen LogP contribution in [0.2, 0.25) is 10.0 Å². The van der Waals surface area contributed by atoms with Crippen LogP contribution in [0, 0.1) is 0 Å². The Morgan fingerprint density at radius 2 is 2.12 bits per heavy atom. The molecule has 0 bridgehead atoms. The summed E-state index contributed by atoms with van der Waals surface area (Å²) >= 11 is 14.4. The lowest BCUT2D eigenvalue weighted by Gasteiger charge is -2.29. The molecule has 0 spiro atoms. The van der Waals surface area contributed by atoms with Crippen molar-refractivity contribution in [1.29, 1.82) is 0 Å². The molecular formula is C23H30Cl2N4O3S. The first kappa shape index (κ1) is 25.7. The fourth-order valence-electron chi connectivity index (χ4n) is 4.09. The minimum absolute atomic E-state index is 0.216. The van der Waals surface area contributed by atoms with Crippen LogP contribution >= 0.6 is 35.0 Å². The predicted octanol–water partition coefficient (Wildman–Crippen LogP) is 6.21. The molecule has 7 nitrogen and oxygen atoms in total. The third-order valence-electron chi connectivity index (χ3n) is 5.34. The molecule has 2 atom stereocenters. The Balaban J connectivity index is 2.14. The van der Waals surface area contributed by atoms with Gasteiger partial charge in [0.15, 0.2) is 0 Å². The van der Waals surface area contributed by atoms with Gasteiger partial charge in [0.25, 0.3) is 0 Å². The van der Waals surface area contributed by atoms with Gasteiger partial charge in [0.1, 0.15) is 11.4 Å². The van der Waals surface area contributed by atoms with E-state index < -0.39 is 5.60 Å². The number of thioether (sulfide) groups is 1. The van der Waals surface area contributed by atoms with E-state index >= 15 is 0 Å². The molecule has 2 aromatic rings. The van der Waals surface area contributed by atoms with Gasteiger partial charge in [0, 0.05) is 29.2 Å². The monoisotopic (exact) mass is 512 g/mol. The van der Waals surface area contributed by atoms with E-state index in [0.29, 0.717) is 28.8 Å². The number of halogens is 2. The van der Waals surface area contributed by atoms with Crippen molar-refractivity contribution in [2.45, 2.75) is 57.4 Å². The Labute approximate surface area is 209 Å². The highest BCUT2D eigenvalue weighted by atomic mass is 35.5. The van der Waals surface area contributed by atoms with Gasteiger partial charge in [-0.05, 0) is 57.1 Å². The second kappa shape index (κ2) is 10.6. The third kappa shape index (κ3) is 5.78. The maximum absolute atomic E-state index is 13.0. The van der Waals surface area contributed by atoms with Crippen LogP contribution in [0.15, 0.2) is 18.2 Å². The number of anilines is 1. The Morgan fingerprint density at radius 1 is 1.39 bits per heavy atom. The van der Waals surface area contributed by atoms with Gasteiger partial charge in [-0.3, -0.25) is 14.4 Å². The molecule has 0 saturated carbocycles. The summed E-state index contributed by atoms with van der Waals surface area (Å²) in [5, 5.41) is 8.46. The van der Waals surface area contributed by atoms with Crippen LogP contribution < -0.4 is 5.32 Å². The van der Waals surface area contributed by atoms with Gasteiger partial charge in [-0.1, -0.05) is 36.2 Å². The van der Waals surface area contributed by atoms with Crippen LogP contribution in [0.5, 0.6) is 0 Å². The number of carbonyl (C=O) groups excluding carboxylic acids is 2. The Morgan fingerprint density at radius 3 is 2.73 bits per heavy atom. The van der Waals surface area contributed by atoms with Crippen molar-refractivity contribution in [3.8, 4) is 0 Å². The summed E-state index contributed by atoms with van der Waals surface area (Å²) in [5.41, 5.74) is 1.85. The summed E-state index contributed by atoms with van der Waals surface area (Å²) in [4.78, 5) is 26.2. The minimum Gasteiger partial charge on any atom is -0.444 e. The standard InChI is InChI=1S/C23H30Cl2N4O3S/c1-6-33-20(15-10-9-14(24)12-16(15)25)18-19(27-28(5)21(18)26-13-30)17-8-7-11-29(17)22(31)32-23(2,3)4/h9-10,12-13,17,20H,6-8,11H2,1-5H3,(H,26,30). The smallest absolute Gasteiger partial charge is 0.410 e. The number of rotatable bonds is 7. The fourth-order valence-corrected chi connectivity index (χ4v) is 5.79. The molecular weight excluding hydrogens is 483 g/mol. The number of likely N-dealkylation sites (tertiary alicyclic amines) is 1. The van der Waals surface area contributed by atoms with E-state index in [0.717, 1.165) is 35.4 Å². The first-order valence-corrected chi connectivity index (χ1v) is 12.7. The topological polar surface area (TPSA) is 76.5 Å². The number of carbonyl (C=O) groups is 2. The zero-order chi connectivity index (χ0) is 24.3. The van der Waals surface area contributed by atoms with Crippen LogP contribution in [0.3, 0.4) is 0 Å². The van der Waals surface area contributed by atoms with Crippen molar-refractivity contribution < 1.29 is 14.3 Å². The number of ether oxygens (including phenoxy) is 1. The van der Waals surface area contributed by atoms with E-state index in [9.17, 15) is 9.59 Å². The molecule has 2 unspecified atom stereocenters. The molecule has 10 heteroatoms. The first-order valence-electron chi connectivity index (χ1n) is 10.9. The van der Waals surface area contributed by atoms with Gasteiger partial charge in [0.2, 0.25) is 6.41 Å². The second-order valence-corrected chi connectivity index (χ2v) is 11.1. The SMILES string of the molecule is CCSC(c1ccc(Cl)cc1Cl)c1c(C2CCCN2C(=O)OC(C)(C)C)nn(C)c1NC=O. The van der Waals surface area contributed by atoms with Gasteiger partial charge >= 0.3 is 6.09 Å². The normalized spacial score (nSPS) is 17.2. The number of benzene rings is 1. The molecule has 1 aromatic heterocycles. The lowest BCUT2D eigenvalue weighted by atomic mass is 9.99. The van der Waals surface area contributed by atoms with Crippen molar-refractivity contribution >= 4 is 53.3 Å². The third-order valence-corrected chi connectivity index (χ3v) is 7.06. The van der Waals surface area contributed by atoms with Crippen molar-refractivity contribution in [3.63, 3.8) is 0 Å². The van der Waals surface area contributed by atoms with E-state index in [1.165, 1.54) is 0 Å². The van der Waals surface area contributed by atoms with Gasteiger partial charge in [-0.25, -0.2) is 4.79 Å². The van der Waals surface area contributed by atoms with Crippen LogP contribution in [0.1, 0.15) is 68.6 Å². The second-order valence-electron chi connectivity index (χ2n) is 8.87. The number of nitrogens with zero attached hydrogens (tertiary/aromatic N) is 3. The fraction of sp³-hybridized carbons (Fsp3) is 0.522. The molecule has 180 valence electrons. The number of nitrogens with one attached hydrogen (secondary N) is 1. The van der Waals surface area contributed by atoms with E-state index in [1.807, 2.05) is 26.8 Å². The largest absolute Gasteiger partial charge is 0.444 e. The Kier molecular flexibility index (Phi) is 8.24. The van der Waals surface area contributed by atoms with Crippen molar-refractivity contribution in [1.82, 2.24) is 14.7 Å². The highest BCUT2D eigenvalue weighted by Crippen LogP contribution is 2.47. The molecule has 1 aliphatic heterocycles. The summed E-state index contributed by atoms with van der Waals surface area (Å²) in [7, 11) is 1.78. The molecule has 1 aromatic carbocycles. The van der Waals surface area contributed by atoms with Gasteiger partial charge in [0.05, 0.1) is 17.0 Å². The van der Waals surface area contributed by atoms with Crippen LogP contribution in [-0.2, 0) is 16.6 Å². The number of aryl methyl sites for hydroxylation is 1. The zero-order valence-corrected chi connectivity index (χ0v) is 21.9. The highest BCUT2D eigenvalue weighted by Gasteiger charge is 2.39. The van der Waals surface area contributed by atoms with E-state index in [1.54, 1.807) is 40.5 Å². The number of hydrogen-bond donors (Lipinski definition) is 1. The molecule has 2 heterocycles. The van der Waals surface area contributed by atoms with Crippen molar-refractivity contribution in [3.05, 3.63) is 45.1 Å². The highest BCUT2D eigenvalue weighted by molar-refractivity contribution is 7.99. The van der Waals surface area contributed by atoms with E-state index in [2.05, 4.69) is 12.2 Å². The lowest BCUT2D eigenvalue weighted by Crippen LogP contribution is -2.36. The molecule has 1 saturated heterocycles. The molecule has 0 radical (unpaired) electrons. The quantitative estimate of drug-likeness (QED) is 0.446. The predicted molar refractivity (Wildman–Crippen MR) is 134 cm³/mol.